The molecule has 16 heavy (non-hydrogen) atoms. The fourth-order valence-corrected chi connectivity index (χ4v) is 1.70. The van der Waals surface area contributed by atoms with Crippen LogP contribution in [0.4, 0.5) is 0 Å². The molecule has 0 aliphatic rings. The maximum Gasteiger partial charge on any atom is 0.372 e. The molecule has 0 radical (unpaired) electrons. The SMILES string of the molecule is CCCCCCCCCCCC(=O)C(=O)O. The highest BCUT2D eigenvalue weighted by Gasteiger charge is 2.09. The van der Waals surface area contributed by atoms with Crippen LogP contribution in [-0.2, 0) is 9.59 Å². The standard InChI is InChI=1S/C13H24O3/c1-2-3-4-5-6-7-8-9-10-11-12(14)13(15)16/h2-11H2,1H3,(H,15,16). The molecule has 0 aromatic carbocycles. The van der Waals surface area contributed by atoms with E-state index in [9.17, 15) is 9.59 Å². The molecule has 0 rings (SSSR count). The summed E-state index contributed by atoms with van der Waals surface area (Å²) in [5.41, 5.74) is 0. The van der Waals surface area contributed by atoms with Crippen LogP contribution in [0.1, 0.15) is 71.1 Å². The van der Waals surface area contributed by atoms with Gasteiger partial charge in [0.05, 0.1) is 0 Å². The summed E-state index contributed by atoms with van der Waals surface area (Å²) in [6.45, 7) is 2.21. The van der Waals surface area contributed by atoms with Crippen molar-refractivity contribution in [3.63, 3.8) is 0 Å². The Hall–Kier alpha value is -0.860. The van der Waals surface area contributed by atoms with Gasteiger partial charge in [-0.05, 0) is 6.42 Å². The molecule has 0 spiro atoms. The van der Waals surface area contributed by atoms with Crippen LogP contribution in [-0.4, -0.2) is 16.9 Å². The Kier molecular flexibility index (Phi) is 10.1. The zero-order valence-electron chi connectivity index (χ0n) is 10.3. The Morgan fingerprint density at radius 3 is 1.69 bits per heavy atom. The van der Waals surface area contributed by atoms with Gasteiger partial charge in [0.25, 0.3) is 0 Å². The number of carboxylic acid groups (broad SMARTS) is 1. The number of unbranched alkanes of at least 4 members (excludes halogenated alkanes) is 8. The lowest BCUT2D eigenvalue weighted by molar-refractivity contribution is -0.149. The number of hydrogen-bond donors (Lipinski definition) is 1. The quantitative estimate of drug-likeness (QED) is 0.434. The van der Waals surface area contributed by atoms with Gasteiger partial charge in [-0.2, -0.15) is 0 Å². The van der Waals surface area contributed by atoms with Crippen molar-refractivity contribution in [2.24, 2.45) is 0 Å². The Balaban J connectivity index is 3.10. The van der Waals surface area contributed by atoms with Gasteiger partial charge in [-0.1, -0.05) is 58.3 Å². The molecule has 0 bridgehead atoms. The van der Waals surface area contributed by atoms with E-state index in [1.807, 2.05) is 0 Å². The summed E-state index contributed by atoms with van der Waals surface area (Å²) in [4.78, 5) is 21.0. The van der Waals surface area contributed by atoms with Crippen LogP contribution in [0.25, 0.3) is 0 Å². The van der Waals surface area contributed by atoms with Crippen molar-refractivity contribution in [3.05, 3.63) is 0 Å². The fraction of sp³-hybridized carbons (Fsp3) is 0.846. The van der Waals surface area contributed by atoms with Crippen molar-refractivity contribution in [1.82, 2.24) is 0 Å². The van der Waals surface area contributed by atoms with Gasteiger partial charge < -0.3 is 5.11 Å². The number of aliphatic carboxylic acids is 1. The highest BCUT2D eigenvalue weighted by atomic mass is 16.4. The van der Waals surface area contributed by atoms with Crippen LogP contribution in [0.15, 0.2) is 0 Å². The number of carbonyl (C=O) groups is 2. The molecule has 0 aliphatic heterocycles. The Morgan fingerprint density at radius 1 is 0.812 bits per heavy atom. The third-order valence-corrected chi connectivity index (χ3v) is 2.75. The molecule has 94 valence electrons. The molecule has 0 aromatic rings. The van der Waals surface area contributed by atoms with E-state index in [-0.39, 0.29) is 6.42 Å². The molecule has 0 amide bonds. The second kappa shape index (κ2) is 10.7. The molecule has 0 aliphatic carbocycles. The average Bonchev–Trinajstić information content (AvgIpc) is 2.26. The number of carbonyl (C=O) groups excluding carboxylic acids is 1. The number of rotatable bonds is 11. The van der Waals surface area contributed by atoms with Crippen molar-refractivity contribution >= 4 is 11.8 Å². The van der Waals surface area contributed by atoms with Gasteiger partial charge in [0.1, 0.15) is 0 Å². The highest BCUT2D eigenvalue weighted by molar-refractivity contribution is 6.32. The molecule has 0 saturated heterocycles. The second-order valence-corrected chi connectivity index (χ2v) is 4.31. The van der Waals surface area contributed by atoms with Gasteiger partial charge in [-0.25, -0.2) is 4.79 Å². The lowest BCUT2D eigenvalue weighted by atomic mass is 10.1. The second-order valence-electron chi connectivity index (χ2n) is 4.31. The monoisotopic (exact) mass is 228 g/mol. The molecule has 0 fully saturated rings. The molecule has 3 heteroatoms. The molecule has 0 saturated carbocycles. The topological polar surface area (TPSA) is 54.4 Å². The highest BCUT2D eigenvalue weighted by Crippen LogP contribution is 2.10. The van der Waals surface area contributed by atoms with Gasteiger partial charge in [-0.15, -0.1) is 0 Å². The number of Topliss-reactive ketones (excluding diaryl/α,β-unsaturated/α-hetero) is 1. The van der Waals surface area contributed by atoms with E-state index in [1.54, 1.807) is 0 Å². The summed E-state index contributed by atoms with van der Waals surface area (Å²) < 4.78 is 0. The predicted octanol–water partition coefficient (Wildman–Crippen LogP) is 3.56. The third kappa shape index (κ3) is 9.69. The number of carboxylic acids is 1. The van der Waals surface area contributed by atoms with Crippen LogP contribution < -0.4 is 0 Å². The van der Waals surface area contributed by atoms with Crippen LogP contribution >= 0.6 is 0 Å². The minimum atomic E-state index is -1.29. The zero-order valence-corrected chi connectivity index (χ0v) is 10.3. The fourth-order valence-electron chi connectivity index (χ4n) is 1.70. The first-order chi connectivity index (χ1) is 7.68. The normalized spacial score (nSPS) is 10.3. The molecule has 0 atom stereocenters. The van der Waals surface area contributed by atoms with Crippen molar-refractivity contribution in [3.8, 4) is 0 Å². The van der Waals surface area contributed by atoms with E-state index in [1.165, 1.54) is 38.5 Å². The van der Waals surface area contributed by atoms with Crippen molar-refractivity contribution < 1.29 is 14.7 Å². The van der Waals surface area contributed by atoms with E-state index in [0.717, 1.165) is 19.3 Å². The summed E-state index contributed by atoms with van der Waals surface area (Å²) in [6, 6.07) is 0. The summed E-state index contributed by atoms with van der Waals surface area (Å²) in [6.07, 6.45) is 10.7. The maximum atomic E-state index is 10.8. The van der Waals surface area contributed by atoms with Gasteiger partial charge in [0.2, 0.25) is 5.78 Å². The summed E-state index contributed by atoms with van der Waals surface area (Å²) in [5, 5.41) is 8.36. The smallest absolute Gasteiger partial charge is 0.372 e. The molecular formula is C13H24O3. The average molecular weight is 228 g/mol. The van der Waals surface area contributed by atoms with E-state index in [2.05, 4.69) is 6.92 Å². The molecule has 0 unspecified atom stereocenters. The van der Waals surface area contributed by atoms with E-state index in [0.29, 0.717) is 0 Å². The molecule has 3 nitrogen and oxygen atoms in total. The van der Waals surface area contributed by atoms with Crippen LogP contribution in [0.3, 0.4) is 0 Å². The minimum Gasteiger partial charge on any atom is -0.476 e. The Labute approximate surface area is 98.2 Å². The van der Waals surface area contributed by atoms with Crippen molar-refractivity contribution in [2.45, 2.75) is 71.1 Å². The molecule has 0 heterocycles. The van der Waals surface area contributed by atoms with Crippen LogP contribution in [0.2, 0.25) is 0 Å². The first-order valence-corrected chi connectivity index (χ1v) is 6.44. The van der Waals surface area contributed by atoms with Gasteiger partial charge in [0.15, 0.2) is 0 Å². The first-order valence-electron chi connectivity index (χ1n) is 6.44. The van der Waals surface area contributed by atoms with E-state index < -0.39 is 11.8 Å². The molecule has 1 N–H and O–H groups in total. The molecule has 0 aromatic heterocycles. The van der Waals surface area contributed by atoms with Crippen LogP contribution in [0.5, 0.6) is 0 Å². The van der Waals surface area contributed by atoms with Gasteiger partial charge >= 0.3 is 5.97 Å². The minimum absolute atomic E-state index is 0.200. The van der Waals surface area contributed by atoms with Crippen molar-refractivity contribution in [1.29, 1.82) is 0 Å². The maximum absolute atomic E-state index is 10.8. The van der Waals surface area contributed by atoms with E-state index >= 15 is 0 Å². The summed E-state index contributed by atoms with van der Waals surface area (Å²) >= 11 is 0. The third-order valence-electron chi connectivity index (χ3n) is 2.75. The zero-order chi connectivity index (χ0) is 12.2. The molecular weight excluding hydrogens is 204 g/mol. The first kappa shape index (κ1) is 15.1. The van der Waals surface area contributed by atoms with Gasteiger partial charge in [-0.3, -0.25) is 4.79 Å². The lowest BCUT2D eigenvalue weighted by Crippen LogP contribution is -2.11. The van der Waals surface area contributed by atoms with E-state index in [4.69, 9.17) is 5.11 Å². The Morgan fingerprint density at radius 2 is 1.25 bits per heavy atom. The van der Waals surface area contributed by atoms with Crippen LogP contribution in [0, 0.1) is 0 Å². The number of ketones is 1. The summed E-state index contributed by atoms with van der Waals surface area (Å²) in [7, 11) is 0. The summed E-state index contributed by atoms with van der Waals surface area (Å²) in [5.74, 6) is -1.94. The van der Waals surface area contributed by atoms with Crippen molar-refractivity contribution in [2.75, 3.05) is 0 Å². The lowest BCUT2D eigenvalue weighted by Gasteiger charge is -2.00. The number of hydrogen-bond acceptors (Lipinski definition) is 2. The van der Waals surface area contributed by atoms with Gasteiger partial charge in [0, 0.05) is 6.42 Å². The largest absolute Gasteiger partial charge is 0.476 e. The Bertz CT molecular complexity index is 199. The predicted molar refractivity (Wildman–Crippen MR) is 64.5 cm³/mol.